The Kier molecular flexibility index (Phi) is 3.63. The van der Waals surface area contributed by atoms with E-state index in [0.717, 1.165) is 22.3 Å². The molecular formula is C14H14N2O2. The zero-order valence-electron chi connectivity index (χ0n) is 10.4. The van der Waals surface area contributed by atoms with E-state index in [-0.39, 0.29) is 0 Å². The van der Waals surface area contributed by atoms with E-state index in [0.29, 0.717) is 18.6 Å². The molecule has 1 aromatic carbocycles. The SMILES string of the molecule is COc1cc(OC)c2nc(CCC#N)ccc2c1. The second-order valence-corrected chi connectivity index (χ2v) is 3.86. The fraction of sp³-hybridized carbons (Fsp3) is 0.286. The molecule has 0 atom stereocenters. The number of nitrogens with zero attached hydrogens (tertiary/aromatic N) is 2. The normalized spacial score (nSPS) is 10.1. The number of aryl methyl sites for hydroxylation is 1. The van der Waals surface area contributed by atoms with Crippen molar-refractivity contribution in [3.8, 4) is 17.6 Å². The number of aromatic nitrogens is 1. The maximum absolute atomic E-state index is 8.59. The molecule has 0 spiro atoms. The Balaban J connectivity index is 2.51. The van der Waals surface area contributed by atoms with Crippen LogP contribution in [0.2, 0.25) is 0 Å². The first kappa shape index (κ1) is 12.2. The van der Waals surface area contributed by atoms with Gasteiger partial charge in [-0.25, -0.2) is 4.98 Å². The van der Waals surface area contributed by atoms with Gasteiger partial charge < -0.3 is 9.47 Å². The smallest absolute Gasteiger partial charge is 0.148 e. The molecule has 0 aliphatic rings. The minimum absolute atomic E-state index is 0.469. The standard InChI is InChI=1S/C14H14N2O2/c1-17-12-8-10-5-6-11(4-3-7-15)16-14(10)13(9-12)18-2/h5-6,8-9H,3-4H2,1-2H3. The third-order valence-electron chi connectivity index (χ3n) is 2.74. The van der Waals surface area contributed by atoms with E-state index in [4.69, 9.17) is 14.7 Å². The number of benzene rings is 1. The third-order valence-corrected chi connectivity index (χ3v) is 2.74. The van der Waals surface area contributed by atoms with Gasteiger partial charge in [-0.2, -0.15) is 5.26 Å². The van der Waals surface area contributed by atoms with Gasteiger partial charge in [0, 0.05) is 30.0 Å². The lowest BCUT2D eigenvalue weighted by Crippen LogP contribution is -1.94. The molecule has 2 aromatic rings. The van der Waals surface area contributed by atoms with Crippen LogP contribution in [0.15, 0.2) is 24.3 Å². The summed E-state index contributed by atoms with van der Waals surface area (Å²) in [7, 11) is 3.23. The lowest BCUT2D eigenvalue weighted by atomic mass is 10.1. The van der Waals surface area contributed by atoms with Crippen LogP contribution in [0.25, 0.3) is 10.9 Å². The van der Waals surface area contributed by atoms with Gasteiger partial charge in [-0.15, -0.1) is 0 Å². The number of pyridine rings is 1. The van der Waals surface area contributed by atoms with Crippen molar-refractivity contribution in [3.63, 3.8) is 0 Å². The molecule has 0 aliphatic carbocycles. The number of fused-ring (bicyclic) bond motifs is 1. The van der Waals surface area contributed by atoms with Gasteiger partial charge in [-0.05, 0) is 12.1 Å². The van der Waals surface area contributed by atoms with Crippen molar-refractivity contribution in [1.82, 2.24) is 4.98 Å². The molecule has 0 bridgehead atoms. The van der Waals surface area contributed by atoms with Crippen molar-refractivity contribution in [3.05, 3.63) is 30.0 Å². The minimum atomic E-state index is 0.469. The van der Waals surface area contributed by atoms with Crippen molar-refractivity contribution < 1.29 is 9.47 Å². The second kappa shape index (κ2) is 5.37. The van der Waals surface area contributed by atoms with Crippen LogP contribution in [-0.4, -0.2) is 19.2 Å². The lowest BCUT2D eigenvalue weighted by molar-refractivity contribution is 0.397. The molecule has 0 amide bonds. The maximum atomic E-state index is 8.59. The predicted octanol–water partition coefficient (Wildman–Crippen LogP) is 2.71. The highest BCUT2D eigenvalue weighted by atomic mass is 16.5. The molecule has 4 nitrogen and oxygen atoms in total. The monoisotopic (exact) mass is 242 g/mol. The summed E-state index contributed by atoms with van der Waals surface area (Å²) in [4.78, 5) is 4.53. The largest absolute Gasteiger partial charge is 0.497 e. The molecule has 0 unspecified atom stereocenters. The van der Waals surface area contributed by atoms with Crippen molar-refractivity contribution in [1.29, 1.82) is 5.26 Å². The van der Waals surface area contributed by atoms with E-state index >= 15 is 0 Å². The van der Waals surface area contributed by atoms with Gasteiger partial charge in [0.05, 0.1) is 20.3 Å². The molecule has 0 N–H and O–H groups in total. The summed E-state index contributed by atoms with van der Waals surface area (Å²) < 4.78 is 10.5. The topological polar surface area (TPSA) is 55.1 Å². The third kappa shape index (κ3) is 2.35. The number of ether oxygens (including phenoxy) is 2. The number of nitriles is 1. The fourth-order valence-electron chi connectivity index (χ4n) is 1.81. The van der Waals surface area contributed by atoms with Crippen LogP contribution in [0.5, 0.6) is 11.5 Å². The number of hydrogen-bond donors (Lipinski definition) is 0. The van der Waals surface area contributed by atoms with Crippen molar-refractivity contribution in [2.45, 2.75) is 12.8 Å². The molecule has 0 aliphatic heterocycles. The minimum Gasteiger partial charge on any atom is -0.497 e. The Morgan fingerprint density at radius 1 is 1.22 bits per heavy atom. The highest BCUT2D eigenvalue weighted by Crippen LogP contribution is 2.29. The van der Waals surface area contributed by atoms with Gasteiger partial charge in [0.25, 0.3) is 0 Å². The molecule has 1 heterocycles. The van der Waals surface area contributed by atoms with Crippen LogP contribution < -0.4 is 9.47 Å². The van der Waals surface area contributed by atoms with E-state index in [2.05, 4.69) is 11.1 Å². The van der Waals surface area contributed by atoms with Crippen LogP contribution in [-0.2, 0) is 6.42 Å². The summed E-state index contributed by atoms with van der Waals surface area (Å²) >= 11 is 0. The summed E-state index contributed by atoms with van der Waals surface area (Å²) in [5.41, 5.74) is 1.70. The Morgan fingerprint density at radius 3 is 2.72 bits per heavy atom. The number of methoxy groups -OCH3 is 2. The fourth-order valence-corrected chi connectivity index (χ4v) is 1.81. The average Bonchev–Trinajstić information content (AvgIpc) is 2.43. The van der Waals surface area contributed by atoms with Gasteiger partial charge in [0.2, 0.25) is 0 Å². The number of hydrogen-bond acceptors (Lipinski definition) is 4. The van der Waals surface area contributed by atoms with E-state index in [1.54, 1.807) is 14.2 Å². The highest BCUT2D eigenvalue weighted by Gasteiger charge is 2.07. The van der Waals surface area contributed by atoms with E-state index in [1.165, 1.54) is 0 Å². The predicted molar refractivity (Wildman–Crippen MR) is 68.8 cm³/mol. The summed E-state index contributed by atoms with van der Waals surface area (Å²) in [6, 6.07) is 9.75. The van der Waals surface area contributed by atoms with Crippen LogP contribution in [0.3, 0.4) is 0 Å². The zero-order chi connectivity index (χ0) is 13.0. The van der Waals surface area contributed by atoms with Crippen LogP contribution in [0, 0.1) is 11.3 Å². The van der Waals surface area contributed by atoms with Gasteiger partial charge >= 0.3 is 0 Å². The molecule has 0 radical (unpaired) electrons. The first-order valence-corrected chi connectivity index (χ1v) is 5.67. The van der Waals surface area contributed by atoms with Gasteiger partial charge in [-0.1, -0.05) is 6.07 Å². The Hall–Kier alpha value is -2.28. The van der Waals surface area contributed by atoms with Crippen LogP contribution in [0.1, 0.15) is 12.1 Å². The zero-order valence-corrected chi connectivity index (χ0v) is 10.4. The van der Waals surface area contributed by atoms with Crippen molar-refractivity contribution in [2.24, 2.45) is 0 Å². The molecule has 0 saturated heterocycles. The Morgan fingerprint density at radius 2 is 2.06 bits per heavy atom. The van der Waals surface area contributed by atoms with E-state index in [1.807, 2.05) is 24.3 Å². The molecule has 0 saturated carbocycles. The first-order chi connectivity index (χ1) is 8.78. The Bertz CT molecular complexity index is 603. The maximum Gasteiger partial charge on any atom is 0.148 e. The first-order valence-electron chi connectivity index (χ1n) is 5.67. The lowest BCUT2D eigenvalue weighted by Gasteiger charge is -2.09. The Labute approximate surface area is 106 Å². The average molecular weight is 242 g/mol. The molecule has 4 heteroatoms. The quantitative estimate of drug-likeness (QED) is 0.827. The highest BCUT2D eigenvalue weighted by molar-refractivity contribution is 5.86. The van der Waals surface area contributed by atoms with Crippen molar-refractivity contribution >= 4 is 10.9 Å². The van der Waals surface area contributed by atoms with Gasteiger partial charge in [0.1, 0.15) is 17.0 Å². The molecule has 18 heavy (non-hydrogen) atoms. The summed E-state index contributed by atoms with van der Waals surface area (Å²) in [6.45, 7) is 0. The molecule has 92 valence electrons. The van der Waals surface area contributed by atoms with Crippen molar-refractivity contribution in [2.75, 3.05) is 14.2 Å². The molecular weight excluding hydrogens is 228 g/mol. The molecule has 0 fully saturated rings. The van der Waals surface area contributed by atoms with Gasteiger partial charge in [0.15, 0.2) is 0 Å². The van der Waals surface area contributed by atoms with Crippen LogP contribution in [0.4, 0.5) is 0 Å². The summed E-state index contributed by atoms with van der Waals surface area (Å²) in [6.07, 6.45) is 1.12. The van der Waals surface area contributed by atoms with Crippen LogP contribution >= 0.6 is 0 Å². The van der Waals surface area contributed by atoms with E-state index < -0.39 is 0 Å². The second-order valence-electron chi connectivity index (χ2n) is 3.86. The van der Waals surface area contributed by atoms with E-state index in [9.17, 15) is 0 Å². The van der Waals surface area contributed by atoms with Gasteiger partial charge in [-0.3, -0.25) is 0 Å². The number of rotatable bonds is 4. The molecule has 1 aromatic heterocycles. The molecule has 2 rings (SSSR count). The summed E-state index contributed by atoms with van der Waals surface area (Å²) in [5.74, 6) is 1.43. The summed E-state index contributed by atoms with van der Waals surface area (Å²) in [5, 5.41) is 9.56.